The first-order chi connectivity index (χ1) is 18.7. The predicted molar refractivity (Wildman–Crippen MR) is 131 cm³/mol. The number of carbonyl (C=O) groups excluding carboxylic acids is 4. The van der Waals surface area contributed by atoms with Gasteiger partial charge in [-0.2, -0.15) is 0 Å². The Morgan fingerprint density at radius 3 is 2.54 bits per heavy atom. The summed E-state index contributed by atoms with van der Waals surface area (Å²) < 4.78 is 51.7. The number of esters is 2. The number of rotatable bonds is 11. The van der Waals surface area contributed by atoms with E-state index in [2.05, 4.69) is 5.32 Å². The SMILES string of the molecule is COC(=O)c1ccccc1COC(=O)[C@H](CC1CC1)NC(=O)C[C@@H]1CCC(=O)N1Cc1cc(F)cc(F)c1F. The minimum Gasteiger partial charge on any atom is -0.465 e. The molecule has 0 aromatic heterocycles. The lowest BCUT2D eigenvalue weighted by Crippen LogP contribution is -2.44. The van der Waals surface area contributed by atoms with E-state index >= 15 is 0 Å². The fourth-order valence-corrected chi connectivity index (χ4v) is 4.70. The van der Waals surface area contributed by atoms with E-state index in [4.69, 9.17) is 9.47 Å². The van der Waals surface area contributed by atoms with E-state index < -0.39 is 47.4 Å². The Morgan fingerprint density at radius 2 is 1.82 bits per heavy atom. The van der Waals surface area contributed by atoms with Gasteiger partial charge in [0.25, 0.3) is 0 Å². The Labute approximate surface area is 223 Å². The van der Waals surface area contributed by atoms with Gasteiger partial charge in [-0.25, -0.2) is 22.8 Å². The summed E-state index contributed by atoms with van der Waals surface area (Å²) in [6, 6.07) is 6.21. The Kier molecular flexibility index (Phi) is 8.88. The number of methoxy groups -OCH3 is 1. The molecule has 1 aliphatic heterocycles. The Hall–Kier alpha value is -3.89. The van der Waals surface area contributed by atoms with Crippen LogP contribution in [0.3, 0.4) is 0 Å². The van der Waals surface area contributed by atoms with Crippen molar-refractivity contribution >= 4 is 23.8 Å². The maximum Gasteiger partial charge on any atom is 0.338 e. The van der Waals surface area contributed by atoms with E-state index in [1.165, 1.54) is 12.0 Å². The molecule has 11 heteroatoms. The molecule has 2 atom stereocenters. The minimum absolute atomic E-state index is 0.102. The molecule has 0 unspecified atom stereocenters. The molecule has 0 spiro atoms. The zero-order valence-electron chi connectivity index (χ0n) is 21.4. The van der Waals surface area contributed by atoms with Gasteiger partial charge >= 0.3 is 11.9 Å². The summed E-state index contributed by atoms with van der Waals surface area (Å²) in [4.78, 5) is 51.5. The molecule has 1 aliphatic carbocycles. The summed E-state index contributed by atoms with van der Waals surface area (Å²) in [5.74, 6) is -5.42. The van der Waals surface area contributed by atoms with Gasteiger partial charge in [-0.1, -0.05) is 31.0 Å². The summed E-state index contributed by atoms with van der Waals surface area (Å²) in [5.41, 5.74) is 0.391. The zero-order chi connectivity index (χ0) is 28.1. The molecule has 2 aromatic carbocycles. The highest BCUT2D eigenvalue weighted by molar-refractivity contribution is 5.91. The van der Waals surface area contributed by atoms with Gasteiger partial charge in [-0.15, -0.1) is 0 Å². The van der Waals surface area contributed by atoms with Crippen LogP contribution in [0.25, 0.3) is 0 Å². The molecule has 8 nitrogen and oxygen atoms in total. The van der Waals surface area contributed by atoms with Crippen LogP contribution in [-0.4, -0.2) is 47.8 Å². The normalized spacial score (nSPS) is 17.6. The fourth-order valence-electron chi connectivity index (χ4n) is 4.70. The highest BCUT2D eigenvalue weighted by Crippen LogP contribution is 2.34. The molecule has 2 aromatic rings. The van der Waals surface area contributed by atoms with Crippen molar-refractivity contribution in [1.82, 2.24) is 10.2 Å². The molecule has 2 aliphatic rings. The average molecular weight is 547 g/mol. The molecule has 0 radical (unpaired) electrons. The van der Waals surface area contributed by atoms with E-state index in [0.29, 0.717) is 24.5 Å². The fraction of sp³-hybridized carbons (Fsp3) is 0.429. The summed E-state index contributed by atoms with van der Waals surface area (Å²) >= 11 is 0. The number of nitrogens with one attached hydrogen (secondary N) is 1. The van der Waals surface area contributed by atoms with Crippen molar-refractivity contribution in [2.24, 2.45) is 5.92 Å². The van der Waals surface area contributed by atoms with Crippen LogP contribution in [0.5, 0.6) is 0 Å². The summed E-state index contributed by atoms with van der Waals surface area (Å²) in [7, 11) is 1.25. The summed E-state index contributed by atoms with van der Waals surface area (Å²) in [5, 5.41) is 2.69. The second-order valence-electron chi connectivity index (χ2n) is 9.83. The van der Waals surface area contributed by atoms with Crippen molar-refractivity contribution in [3.05, 3.63) is 70.5 Å². The number of hydrogen-bond donors (Lipinski definition) is 1. The number of carbonyl (C=O) groups is 4. The van der Waals surface area contributed by atoms with Crippen molar-refractivity contribution in [3.8, 4) is 0 Å². The van der Waals surface area contributed by atoms with Gasteiger partial charge in [0.15, 0.2) is 11.6 Å². The number of amides is 2. The molecular formula is C28H29F3N2O6. The van der Waals surface area contributed by atoms with Gasteiger partial charge in [-0.05, 0) is 30.9 Å². The van der Waals surface area contributed by atoms with Crippen molar-refractivity contribution in [2.75, 3.05) is 7.11 Å². The molecule has 2 fully saturated rings. The Balaban J connectivity index is 1.39. The maximum atomic E-state index is 14.2. The van der Waals surface area contributed by atoms with E-state index in [0.717, 1.165) is 18.9 Å². The number of halogens is 3. The van der Waals surface area contributed by atoms with Crippen molar-refractivity contribution in [3.63, 3.8) is 0 Å². The smallest absolute Gasteiger partial charge is 0.338 e. The van der Waals surface area contributed by atoms with Crippen LogP contribution in [0, 0.1) is 23.4 Å². The van der Waals surface area contributed by atoms with Crippen LogP contribution in [0.4, 0.5) is 13.2 Å². The number of hydrogen-bond acceptors (Lipinski definition) is 6. The standard InChI is InChI=1S/C28H29F3N2O6/c1-38-27(36)21-5-3-2-4-17(21)15-39-28(37)23(10-16-6-7-16)32-24(34)13-20-8-9-25(35)33(20)14-18-11-19(29)12-22(30)26(18)31/h2-5,11-12,16,20,23H,6-10,13-15H2,1H3,(H,32,34)/t20-,23-/m0/s1. The Morgan fingerprint density at radius 1 is 1.08 bits per heavy atom. The summed E-state index contributed by atoms with van der Waals surface area (Å²) in [6.45, 7) is -0.577. The number of likely N-dealkylation sites (tertiary alicyclic amines) is 1. The van der Waals surface area contributed by atoms with Crippen molar-refractivity contribution in [1.29, 1.82) is 0 Å². The molecule has 4 rings (SSSR count). The molecule has 2 amide bonds. The topological polar surface area (TPSA) is 102 Å². The number of nitrogens with zero attached hydrogens (tertiary/aromatic N) is 1. The quantitative estimate of drug-likeness (QED) is 0.340. The van der Waals surface area contributed by atoms with Gasteiger partial charge in [0.1, 0.15) is 18.5 Å². The second kappa shape index (κ2) is 12.3. The van der Waals surface area contributed by atoms with Crippen molar-refractivity contribution < 1.29 is 41.8 Å². The first-order valence-corrected chi connectivity index (χ1v) is 12.7. The molecule has 1 heterocycles. The lowest BCUT2D eigenvalue weighted by Gasteiger charge is -2.26. The van der Waals surface area contributed by atoms with Gasteiger partial charge in [0, 0.05) is 42.6 Å². The summed E-state index contributed by atoms with van der Waals surface area (Å²) in [6.07, 6.45) is 2.45. The van der Waals surface area contributed by atoms with E-state index in [9.17, 15) is 32.3 Å². The van der Waals surface area contributed by atoms with Gasteiger partial charge in [0.05, 0.1) is 12.7 Å². The van der Waals surface area contributed by atoms with Crippen molar-refractivity contribution in [2.45, 2.75) is 63.8 Å². The highest BCUT2D eigenvalue weighted by Gasteiger charge is 2.36. The van der Waals surface area contributed by atoms with Crippen LogP contribution in [0.15, 0.2) is 36.4 Å². The number of ether oxygens (including phenoxy) is 2. The van der Waals surface area contributed by atoms with Crippen LogP contribution >= 0.6 is 0 Å². The monoisotopic (exact) mass is 546 g/mol. The predicted octanol–water partition coefficient (Wildman–Crippen LogP) is 3.80. The molecule has 208 valence electrons. The first-order valence-electron chi connectivity index (χ1n) is 12.7. The third-order valence-corrected chi connectivity index (χ3v) is 6.96. The first kappa shape index (κ1) is 28.1. The van der Waals surface area contributed by atoms with Crippen LogP contribution < -0.4 is 5.32 Å². The maximum absolute atomic E-state index is 14.2. The third-order valence-electron chi connectivity index (χ3n) is 6.96. The zero-order valence-corrected chi connectivity index (χ0v) is 21.4. The number of benzene rings is 2. The van der Waals surface area contributed by atoms with Crippen LogP contribution in [-0.2, 0) is 37.0 Å². The van der Waals surface area contributed by atoms with E-state index in [1.54, 1.807) is 24.3 Å². The minimum atomic E-state index is -1.36. The van der Waals surface area contributed by atoms with Gasteiger partial charge in [-0.3, -0.25) is 9.59 Å². The molecule has 39 heavy (non-hydrogen) atoms. The van der Waals surface area contributed by atoms with Crippen LogP contribution in [0.2, 0.25) is 0 Å². The van der Waals surface area contributed by atoms with Crippen LogP contribution in [0.1, 0.15) is 60.0 Å². The van der Waals surface area contributed by atoms with Gasteiger partial charge in [0.2, 0.25) is 11.8 Å². The van der Waals surface area contributed by atoms with E-state index in [1.807, 2.05) is 0 Å². The molecular weight excluding hydrogens is 517 g/mol. The average Bonchev–Trinajstić information content (AvgIpc) is 3.67. The Bertz CT molecular complexity index is 1270. The lowest BCUT2D eigenvalue weighted by atomic mass is 10.1. The molecule has 1 saturated heterocycles. The highest BCUT2D eigenvalue weighted by atomic mass is 19.2. The largest absolute Gasteiger partial charge is 0.465 e. The molecule has 0 bridgehead atoms. The van der Waals surface area contributed by atoms with Gasteiger partial charge < -0.3 is 19.7 Å². The molecule has 1 N–H and O–H groups in total. The second-order valence-corrected chi connectivity index (χ2v) is 9.83. The lowest BCUT2D eigenvalue weighted by molar-refractivity contribution is -0.149. The van der Waals surface area contributed by atoms with E-state index in [-0.39, 0.29) is 48.9 Å². The third kappa shape index (κ3) is 7.15. The molecule has 1 saturated carbocycles.